The number of nitro benzene ring substituents is 1. The smallest absolute Gasteiger partial charge is 0.420 e. The van der Waals surface area contributed by atoms with Crippen molar-refractivity contribution in [3.8, 4) is 11.5 Å². The van der Waals surface area contributed by atoms with Gasteiger partial charge in [-0.15, -0.1) is 0 Å². The van der Waals surface area contributed by atoms with Gasteiger partial charge in [-0.1, -0.05) is 11.6 Å². The van der Waals surface area contributed by atoms with Gasteiger partial charge in [0.1, 0.15) is 11.3 Å². The zero-order valence-corrected chi connectivity index (χ0v) is 14.1. The Hall–Kier alpha value is -2.81. The van der Waals surface area contributed by atoms with E-state index in [2.05, 4.69) is 5.32 Å². The fraction of sp³-hybridized carbons (Fsp3) is 0.235. The minimum absolute atomic E-state index is 0.0535. The highest BCUT2D eigenvalue weighted by molar-refractivity contribution is 6.32. The number of ether oxygens (including phenoxy) is 1. The fourth-order valence-corrected chi connectivity index (χ4v) is 3.45. The summed E-state index contributed by atoms with van der Waals surface area (Å²) in [5.74, 6) is -0.811. The van der Waals surface area contributed by atoms with Crippen LogP contribution in [0.5, 0.6) is 11.5 Å². The van der Waals surface area contributed by atoms with Crippen LogP contribution in [0, 0.1) is 10.1 Å². The van der Waals surface area contributed by atoms with Gasteiger partial charge in [0.2, 0.25) is 5.91 Å². The average Bonchev–Trinajstić information content (AvgIpc) is 3.33. The number of hydrogen-bond donors (Lipinski definition) is 1. The summed E-state index contributed by atoms with van der Waals surface area (Å²) in [6, 6.07) is 5.62. The van der Waals surface area contributed by atoms with Gasteiger partial charge in [0.05, 0.1) is 15.4 Å². The van der Waals surface area contributed by atoms with Gasteiger partial charge < -0.3 is 10.1 Å². The molecule has 2 aromatic rings. The Balaban J connectivity index is 1.77. The normalized spacial score (nSPS) is 16.8. The Morgan fingerprint density at radius 1 is 1.22 bits per heavy atom. The first-order valence-electron chi connectivity index (χ1n) is 7.81. The first kappa shape index (κ1) is 17.6. The summed E-state index contributed by atoms with van der Waals surface area (Å²) in [6.07, 6.45) is -3.60. The van der Waals surface area contributed by atoms with Gasteiger partial charge in [-0.25, -0.2) is 0 Å². The maximum Gasteiger partial charge on any atom is 0.420 e. The van der Waals surface area contributed by atoms with E-state index in [1.54, 1.807) is 6.07 Å². The highest BCUT2D eigenvalue weighted by Crippen LogP contribution is 2.56. The SMILES string of the molecule is O=C1Nc2ccc(Oc3c(Cl)cc([N+](=O)[O-])cc3C(F)(F)F)cc2C12CC2. The zero-order chi connectivity index (χ0) is 19.6. The highest BCUT2D eigenvalue weighted by Gasteiger charge is 2.56. The quantitative estimate of drug-likeness (QED) is 0.580. The average molecular weight is 399 g/mol. The van der Waals surface area contributed by atoms with E-state index < -0.39 is 38.5 Å². The lowest BCUT2D eigenvalue weighted by molar-refractivity contribution is -0.385. The number of carbonyl (C=O) groups excluding carboxylic acids is 1. The Labute approximate surface area is 155 Å². The van der Waals surface area contributed by atoms with E-state index in [0.29, 0.717) is 30.2 Å². The lowest BCUT2D eigenvalue weighted by Crippen LogP contribution is -2.18. The summed E-state index contributed by atoms with van der Waals surface area (Å²) in [4.78, 5) is 21.9. The molecule has 1 aliphatic carbocycles. The minimum Gasteiger partial charge on any atom is -0.455 e. The minimum atomic E-state index is -4.91. The predicted octanol–water partition coefficient (Wildman–Crippen LogP) is 5.04. The lowest BCUT2D eigenvalue weighted by atomic mass is 9.98. The van der Waals surface area contributed by atoms with E-state index >= 15 is 0 Å². The van der Waals surface area contributed by atoms with Crippen LogP contribution in [0.25, 0.3) is 0 Å². The molecule has 0 radical (unpaired) electrons. The lowest BCUT2D eigenvalue weighted by Gasteiger charge is -2.16. The molecule has 4 rings (SSSR count). The van der Waals surface area contributed by atoms with Gasteiger partial charge in [0.25, 0.3) is 5.69 Å². The van der Waals surface area contributed by atoms with Crippen LogP contribution >= 0.6 is 11.6 Å². The third-order valence-electron chi connectivity index (χ3n) is 4.70. The van der Waals surface area contributed by atoms with E-state index in [0.717, 1.165) is 6.07 Å². The number of nitro groups is 1. The van der Waals surface area contributed by atoms with Gasteiger partial charge in [-0.2, -0.15) is 13.2 Å². The van der Waals surface area contributed by atoms with Crippen molar-refractivity contribution in [2.24, 2.45) is 0 Å². The number of hydrogen-bond acceptors (Lipinski definition) is 4. The molecule has 10 heteroatoms. The number of alkyl halides is 3. The second kappa shape index (κ2) is 5.59. The molecule has 0 aromatic heterocycles. The van der Waals surface area contributed by atoms with Crippen LogP contribution in [0.15, 0.2) is 30.3 Å². The standard InChI is InChI=1S/C17H10ClF3N2O4/c18-12-6-8(23(25)26)5-11(17(19,20)21)14(12)27-9-1-2-13-10(7-9)16(3-4-16)15(24)22-13/h1-2,5-7H,3-4H2,(H,22,24). The molecule has 1 N–H and O–H groups in total. The second-order valence-corrected chi connectivity index (χ2v) is 6.81. The fourth-order valence-electron chi connectivity index (χ4n) is 3.19. The van der Waals surface area contributed by atoms with Crippen LogP contribution in [0.1, 0.15) is 24.0 Å². The van der Waals surface area contributed by atoms with Gasteiger partial charge in [-0.05, 0) is 36.6 Å². The molecule has 0 atom stereocenters. The Kier molecular flexibility index (Phi) is 3.64. The number of fused-ring (bicyclic) bond motifs is 2. The summed E-state index contributed by atoms with van der Waals surface area (Å²) >= 11 is 5.85. The van der Waals surface area contributed by atoms with E-state index in [-0.39, 0.29) is 11.7 Å². The van der Waals surface area contributed by atoms with Crippen LogP contribution in [-0.2, 0) is 16.4 Å². The first-order valence-corrected chi connectivity index (χ1v) is 8.18. The Morgan fingerprint density at radius 2 is 1.93 bits per heavy atom. The number of amides is 1. The molecule has 1 fully saturated rings. The number of nitrogens with one attached hydrogen (secondary N) is 1. The second-order valence-electron chi connectivity index (χ2n) is 6.40. The third-order valence-corrected chi connectivity index (χ3v) is 4.98. The number of nitrogens with zero attached hydrogens (tertiary/aromatic N) is 1. The molecule has 2 aliphatic rings. The molecule has 27 heavy (non-hydrogen) atoms. The van der Waals surface area contributed by atoms with Crippen LogP contribution in [0.3, 0.4) is 0 Å². The van der Waals surface area contributed by atoms with Crippen LogP contribution < -0.4 is 10.1 Å². The monoisotopic (exact) mass is 398 g/mol. The molecule has 1 amide bonds. The van der Waals surface area contributed by atoms with Gasteiger partial charge in [-0.3, -0.25) is 14.9 Å². The first-order chi connectivity index (χ1) is 12.6. The van der Waals surface area contributed by atoms with Crippen molar-refractivity contribution in [1.82, 2.24) is 0 Å². The van der Waals surface area contributed by atoms with E-state index in [1.807, 2.05) is 0 Å². The molecule has 0 saturated heterocycles. The van der Waals surface area contributed by atoms with E-state index in [9.17, 15) is 28.1 Å². The number of benzene rings is 2. The summed E-state index contributed by atoms with van der Waals surface area (Å²) in [7, 11) is 0. The van der Waals surface area contributed by atoms with Crippen molar-refractivity contribution < 1.29 is 27.6 Å². The molecule has 0 unspecified atom stereocenters. The van der Waals surface area contributed by atoms with Crippen LogP contribution in [0.4, 0.5) is 24.5 Å². The van der Waals surface area contributed by atoms with Crippen molar-refractivity contribution >= 4 is 28.9 Å². The van der Waals surface area contributed by atoms with Gasteiger partial charge >= 0.3 is 6.18 Å². The Bertz CT molecular complexity index is 1000. The number of non-ortho nitro benzene ring substituents is 1. The number of rotatable bonds is 3. The zero-order valence-electron chi connectivity index (χ0n) is 13.4. The number of carbonyl (C=O) groups is 1. The molecule has 1 heterocycles. The summed E-state index contributed by atoms with van der Waals surface area (Å²) in [5, 5.41) is 13.0. The van der Waals surface area contributed by atoms with Gasteiger partial charge in [0.15, 0.2) is 5.75 Å². The molecule has 6 nitrogen and oxygen atoms in total. The van der Waals surface area contributed by atoms with E-state index in [4.69, 9.17) is 16.3 Å². The van der Waals surface area contributed by atoms with Crippen molar-refractivity contribution in [1.29, 1.82) is 0 Å². The topological polar surface area (TPSA) is 81.5 Å². The molecule has 140 valence electrons. The molecule has 1 aliphatic heterocycles. The summed E-state index contributed by atoms with van der Waals surface area (Å²) in [5.41, 5.74) is -1.52. The maximum atomic E-state index is 13.4. The molecule has 0 bridgehead atoms. The highest BCUT2D eigenvalue weighted by atomic mass is 35.5. The largest absolute Gasteiger partial charge is 0.455 e. The van der Waals surface area contributed by atoms with E-state index in [1.165, 1.54) is 12.1 Å². The van der Waals surface area contributed by atoms with Crippen LogP contribution in [0.2, 0.25) is 5.02 Å². The molecule has 2 aromatic carbocycles. The van der Waals surface area contributed by atoms with Crippen LogP contribution in [-0.4, -0.2) is 10.8 Å². The molecular formula is C17H10ClF3N2O4. The maximum absolute atomic E-state index is 13.4. The van der Waals surface area contributed by atoms with Crippen molar-refractivity contribution in [2.45, 2.75) is 24.4 Å². The van der Waals surface area contributed by atoms with Crippen molar-refractivity contribution in [3.63, 3.8) is 0 Å². The predicted molar refractivity (Wildman–Crippen MR) is 89.2 cm³/mol. The molecule has 1 spiro atoms. The third kappa shape index (κ3) is 2.78. The van der Waals surface area contributed by atoms with Gasteiger partial charge in [0, 0.05) is 17.8 Å². The Morgan fingerprint density at radius 3 is 2.52 bits per heavy atom. The summed E-state index contributed by atoms with van der Waals surface area (Å²) < 4.78 is 45.5. The molecule has 1 saturated carbocycles. The summed E-state index contributed by atoms with van der Waals surface area (Å²) in [6.45, 7) is 0. The van der Waals surface area contributed by atoms with Crippen molar-refractivity contribution in [3.05, 3.63) is 56.6 Å². The number of halogens is 4. The molecular weight excluding hydrogens is 389 g/mol. The number of anilines is 1. The van der Waals surface area contributed by atoms with Crippen molar-refractivity contribution in [2.75, 3.05) is 5.32 Å².